The number of carbonyl (C=O) groups is 1. The lowest BCUT2D eigenvalue weighted by atomic mass is 10.0. The van der Waals surface area contributed by atoms with Crippen LogP contribution in [0.5, 0.6) is 5.75 Å². The number of aryl methyl sites for hydroxylation is 1. The van der Waals surface area contributed by atoms with E-state index in [4.69, 9.17) is 33.7 Å². The summed E-state index contributed by atoms with van der Waals surface area (Å²) in [7, 11) is 0. The van der Waals surface area contributed by atoms with Crippen molar-refractivity contribution in [1.29, 1.82) is 0 Å². The van der Waals surface area contributed by atoms with E-state index in [2.05, 4.69) is 20.4 Å². The van der Waals surface area contributed by atoms with Gasteiger partial charge in [-0.3, -0.25) is 4.68 Å². The molecule has 0 saturated heterocycles. The van der Waals surface area contributed by atoms with Crippen LogP contribution in [0.25, 0.3) is 11.3 Å². The predicted molar refractivity (Wildman–Crippen MR) is 130 cm³/mol. The molecule has 2 aromatic heterocycles. The molecule has 0 bridgehead atoms. The molecular formula is C23H22Cl2F3N7O2. The number of alkyl halides is 3. The Labute approximate surface area is 219 Å². The molecule has 3 aromatic rings. The molecule has 1 aliphatic carbocycles. The summed E-state index contributed by atoms with van der Waals surface area (Å²) in [4.78, 5) is 23.0. The van der Waals surface area contributed by atoms with E-state index in [1.807, 2.05) is 0 Å². The first-order valence-electron chi connectivity index (χ1n) is 11.4. The third-order valence-corrected chi connectivity index (χ3v) is 6.60. The minimum absolute atomic E-state index is 0.00186. The fraction of sp³-hybridized carbons (Fsp3) is 0.391. The summed E-state index contributed by atoms with van der Waals surface area (Å²) in [6.07, 6.45) is -2.62. The highest BCUT2D eigenvalue weighted by atomic mass is 35.5. The number of fused-ring (bicyclic) bond motifs is 1. The minimum atomic E-state index is -4.54. The Morgan fingerprint density at radius 3 is 2.65 bits per heavy atom. The van der Waals surface area contributed by atoms with Crippen LogP contribution in [0.2, 0.25) is 10.0 Å². The zero-order valence-corrected chi connectivity index (χ0v) is 21.1. The summed E-state index contributed by atoms with van der Waals surface area (Å²) < 4.78 is 46.1. The third kappa shape index (κ3) is 5.40. The second-order valence-electron chi connectivity index (χ2n) is 8.94. The summed E-state index contributed by atoms with van der Waals surface area (Å²) >= 11 is 12.8. The van der Waals surface area contributed by atoms with Crippen molar-refractivity contribution in [1.82, 2.24) is 30.0 Å². The number of urea groups is 1. The van der Waals surface area contributed by atoms with Crippen molar-refractivity contribution in [2.75, 3.05) is 12.3 Å². The topological polar surface area (TPSA) is 111 Å². The van der Waals surface area contributed by atoms with E-state index < -0.39 is 11.9 Å². The van der Waals surface area contributed by atoms with Crippen molar-refractivity contribution in [3.8, 4) is 17.0 Å². The Morgan fingerprint density at radius 1 is 1.22 bits per heavy atom. The van der Waals surface area contributed by atoms with Gasteiger partial charge in [-0.05, 0) is 38.0 Å². The number of nitrogens with two attached hydrogens (primary N) is 1. The van der Waals surface area contributed by atoms with Crippen LogP contribution in [-0.2, 0) is 25.8 Å². The highest BCUT2D eigenvalue weighted by Crippen LogP contribution is 2.42. The van der Waals surface area contributed by atoms with Gasteiger partial charge in [0.15, 0.2) is 5.69 Å². The fourth-order valence-electron chi connectivity index (χ4n) is 4.13. The number of hydrogen-bond acceptors (Lipinski definition) is 6. The molecule has 9 nitrogen and oxygen atoms in total. The molecule has 0 unspecified atom stereocenters. The third-order valence-electron chi connectivity index (χ3n) is 6.08. The minimum Gasteiger partial charge on any atom is -0.491 e. The van der Waals surface area contributed by atoms with Gasteiger partial charge in [0.25, 0.3) is 0 Å². The van der Waals surface area contributed by atoms with Gasteiger partial charge in [0.1, 0.15) is 12.4 Å². The Hall–Kier alpha value is -3.25. The van der Waals surface area contributed by atoms with E-state index >= 15 is 0 Å². The molecule has 0 spiro atoms. The second-order valence-corrected chi connectivity index (χ2v) is 9.78. The van der Waals surface area contributed by atoms with Crippen LogP contribution in [0, 0.1) is 6.92 Å². The molecular weight excluding hydrogens is 534 g/mol. The van der Waals surface area contributed by atoms with Crippen molar-refractivity contribution < 1.29 is 22.7 Å². The molecule has 0 atom stereocenters. The summed E-state index contributed by atoms with van der Waals surface area (Å²) in [6, 6.07) is 4.03. The van der Waals surface area contributed by atoms with Gasteiger partial charge in [0.05, 0.1) is 41.6 Å². The predicted octanol–water partition coefficient (Wildman–Crippen LogP) is 4.82. The lowest BCUT2D eigenvalue weighted by Crippen LogP contribution is -2.37. The van der Waals surface area contributed by atoms with Gasteiger partial charge in [-0.1, -0.05) is 23.2 Å². The van der Waals surface area contributed by atoms with Crippen molar-refractivity contribution in [2.24, 2.45) is 0 Å². The lowest BCUT2D eigenvalue weighted by molar-refractivity contribution is -0.141. The van der Waals surface area contributed by atoms with Crippen LogP contribution in [0.3, 0.4) is 0 Å². The number of hydrogen-bond donors (Lipinski definition) is 2. The van der Waals surface area contributed by atoms with Crippen LogP contribution in [-0.4, -0.2) is 43.3 Å². The van der Waals surface area contributed by atoms with Crippen LogP contribution < -0.4 is 15.8 Å². The van der Waals surface area contributed by atoms with Gasteiger partial charge in [-0.15, -0.1) is 0 Å². The number of carbonyl (C=O) groups excluding carboxylic acids is 1. The maximum absolute atomic E-state index is 13.0. The molecule has 1 saturated carbocycles. The normalized spacial score (nSPS) is 15.1. The first-order valence-corrected chi connectivity index (χ1v) is 12.2. The smallest absolute Gasteiger partial charge is 0.435 e. The van der Waals surface area contributed by atoms with Crippen LogP contribution >= 0.6 is 23.2 Å². The number of benzene rings is 1. The molecule has 5 rings (SSSR count). The lowest BCUT2D eigenvalue weighted by Gasteiger charge is -2.17. The van der Waals surface area contributed by atoms with Gasteiger partial charge in [0, 0.05) is 22.3 Å². The van der Waals surface area contributed by atoms with Gasteiger partial charge < -0.3 is 20.7 Å². The zero-order chi connectivity index (χ0) is 26.5. The summed E-state index contributed by atoms with van der Waals surface area (Å²) in [5.41, 5.74) is 7.42. The van der Waals surface area contributed by atoms with Gasteiger partial charge in [-0.2, -0.15) is 18.3 Å². The maximum Gasteiger partial charge on any atom is 0.435 e. The molecule has 14 heteroatoms. The Bertz CT molecular complexity index is 1380. The quantitative estimate of drug-likeness (QED) is 0.451. The van der Waals surface area contributed by atoms with Crippen molar-refractivity contribution in [2.45, 2.75) is 51.6 Å². The average molecular weight is 556 g/mol. The number of rotatable bonds is 6. The van der Waals surface area contributed by atoms with Crippen LogP contribution in [0.4, 0.5) is 23.9 Å². The first-order chi connectivity index (χ1) is 17.5. The van der Waals surface area contributed by atoms with E-state index in [1.54, 1.807) is 4.90 Å². The Morgan fingerprint density at radius 2 is 1.97 bits per heavy atom. The number of amides is 2. The highest BCUT2D eigenvalue weighted by Gasteiger charge is 2.35. The molecule has 3 heterocycles. The van der Waals surface area contributed by atoms with Crippen molar-refractivity contribution in [3.05, 3.63) is 50.9 Å². The van der Waals surface area contributed by atoms with E-state index in [-0.39, 0.29) is 55.0 Å². The average Bonchev–Trinajstić information content (AvgIpc) is 3.37. The molecule has 3 N–H and O–H groups in total. The van der Waals surface area contributed by atoms with E-state index in [9.17, 15) is 18.0 Å². The number of nitrogens with one attached hydrogen (secondary N) is 1. The largest absolute Gasteiger partial charge is 0.491 e. The van der Waals surface area contributed by atoms with E-state index in [1.165, 1.54) is 23.7 Å². The number of nitrogens with zero attached hydrogens (tertiary/aromatic N) is 5. The monoisotopic (exact) mass is 555 g/mol. The maximum atomic E-state index is 13.0. The molecule has 196 valence electrons. The van der Waals surface area contributed by atoms with Crippen molar-refractivity contribution >= 4 is 35.2 Å². The van der Waals surface area contributed by atoms with Crippen LogP contribution in [0.1, 0.15) is 35.5 Å². The molecule has 0 radical (unpaired) electrons. The number of nitrogen functional groups attached to an aromatic ring is 1. The molecule has 37 heavy (non-hydrogen) atoms. The zero-order valence-electron chi connectivity index (χ0n) is 19.6. The Kier molecular flexibility index (Phi) is 6.57. The first kappa shape index (κ1) is 25.4. The van der Waals surface area contributed by atoms with Crippen LogP contribution in [0.15, 0.2) is 18.2 Å². The van der Waals surface area contributed by atoms with Gasteiger partial charge >= 0.3 is 12.2 Å². The molecule has 2 aliphatic rings. The number of ether oxygens (including phenoxy) is 1. The number of halogens is 5. The fourth-order valence-corrected chi connectivity index (χ4v) is 4.69. The van der Waals surface area contributed by atoms with Gasteiger partial charge in [0.2, 0.25) is 5.95 Å². The SMILES string of the molecule is Cc1cc(C(F)(F)F)nn1CCOc1cc(Cl)cc(Cl)c1-c1nc(N)nc2c1CN(C(=O)NC1CC1)C2. The summed E-state index contributed by atoms with van der Waals surface area (Å²) in [5, 5.41) is 7.10. The van der Waals surface area contributed by atoms with Crippen molar-refractivity contribution in [3.63, 3.8) is 0 Å². The summed E-state index contributed by atoms with van der Waals surface area (Å²) in [6.45, 7) is 2.05. The highest BCUT2D eigenvalue weighted by molar-refractivity contribution is 6.37. The van der Waals surface area contributed by atoms with E-state index in [0.29, 0.717) is 33.2 Å². The molecule has 1 fully saturated rings. The molecule has 1 aliphatic heterocycles. The van der Waals surface area contributed by atoms with E-state index in [0.717, 1.165) is 18.9 Å². The van der Waals surface area contributed by atoms with Gasteiger partial charge in [-0.25, -0.2) is 14.8 Å². The molecule has 2 amide bonds. The Balaban J connectivity index is 1.42. The second kappa shape index (κ2) is 9.56. The number of anilines is 1. The number of aromatic nitrogens is 4. The summed E-state index contributed by atoms with van der Waals surface area (Å²) in [5.74, 6) is 0.265. The molecule has 1 aromatic carbocycles. The standard InChI is InChI=1S/C23H22Cl2F3N7O2/c1-11-6-18(23(26,27)28)33-35(11)4-5-37-17-8-12(24)7-15(25)19(17)20-14-9-34(22(36)30-13-2-3-13)10-16(14)31-21(29)32-20/h6-8,13H,2-5,9-10H2,1H3,(H,30,36)(H2,29,31,32).